The van der Waals surface area contributed by atoms with Gasteiger partial charge < -0.3 is 4.74 Å². The zero-order valence-corrected chi connectivity index (χ0v) is 9.68. The van der Waals surface area contributed by atoms with Crippen molar-refractivity contribution in [1.29, 1.82) is 0 Å². The van der Waals surface area contributed by atoms with E-state index in [0.717, 1.165) is 24.6 Å². The fraction of sp³-hybridized carbons (Fsp3) is 0.700. The topological polar surface area (TPSA) is 26.3 Å². The van der Waals surface area contributed by atoms with Crippen molar-refractivity contribution in [3.05, 3.63) is 12.2 Å². The quantitative estimate of drug-likeness (QED) is 0.300. The third-order valence-electron chi connectivity index (χ3n) is 1.59. The number of alkyl halides is 1. The summed E-state index contributed by atoms with van der Waals surface area (Å²) in [5.41, 5.74) is 0. The molecule has 0 radical (unpaired) electrons. The van der Waals surface area contributed by atoms with Crippen LogP contribution in [0, 0.1) is 0 Å². The summed E-state index contributed by atoms with van der Waals surface area (Å²) in [4.78, 5) is 11.0. The van der Waals surface area contributed by atoms with E-state index in [4.69, 9.17) is 4.74 Å². The van der Waals surface area contributed by atoms with Gasteiger partial charge in [-0.1, -0.05) is 34.5 Å². The van der Waals surface area contributed by atoms with E-state index in [1.54, 1.807) is 0 Å². The first-order valence-electron chi connectivity index (χ1n) is 4.64. The number of carbonyl (C=O) groups excluding carboxylic acids is 1. The molecule has 13 heavy (non-hydrogen) atoms. The molecule has 0 spiro atoms. The van der Waals surface area contributed by atoms with Crippen molar-refractivity contribution in [2.45, 2.75) is 32.6 Å². The van der Waals surface area contributed by atoms with E-state index in [9.17, 15) is 4.79 Å². The van der Waals surface area contributed by atoms with Gasteiger partial charge in [0.15, 0.2) is 0 Å². The number of rotatable bonds is 7. The number of carbonyl (C=O) groups is 1. The number of halogens is 1. The summed E-state index contributed by atoms with van der Waals surface area (Å²) in [5.74, 6) is -0.0901. The minimum absolute atomic E-state index is 0.0901. The first-order chi connectivity index (χ1) is 6.31. The lowest BCUT2D eigenvalue weighted by Gasteiger charge is -2.00. The lowest BCUT2D eigenvalue weighted by atomic mass is 10.2. The molecule has 0 rings (SSSR count). The first-order valence-corrected chi connectivity index (χ1v) is 5.76. The van der Waals surface area contributed by atoms with Crippen LogP contribution in [0.25, 0.3) is 0 Å². The Hall–Kier alpha value is -0.310. The van der Waals surface area contributed by atoms with Gasteiger partial charge in [0.1, 0.15) is 6.61 Å². The number of unbranched alkanes of at least 4 members (excludes halogenated alkanes) is 2. The minimum Gasteiger partial charge on any atom is -0.461 e. The van der Waals surface area contributed by atoms with E-state index in [1.807, 2.05) is 19.1 Å². The van der Waals surface area contributed by atoms with Crippen LogP contribution in [0.3, 0.4) is 0 Å². The highest BCUT2D eigenvalue weighted by molar-refractivity contribution is 9.09. The predicted octanol–water partition coefficient (Wildman–Crippen LogP) is 3.06. The molecule has 76 valence electrons. The Balaban J connectivity index is 3.20. The number of esters is 1. The van der Waals surface area contributed by atoms with Crippen molar-refractivity contribution in [2.24, 2.45) is 0 Å². The Morgan fingerprint density at radius 1 is 1.38 bits per heavy atom. The molecule has 0 bridgehead atoms. The lowest BCUT2D eigenvalue weighted by molar-refractivity contribution is -0.142. The molecule has 3 heteroatoms. The molecule has 0 aliphatic carbocycles. The highest BCUT2D eigenvalue weighted by atomic mass is 79.9. The van der Waals surface area contributed by atoms with Gasteiger partial charge in [-0.2, -0.15) is 0 Å². The van der Waals surface area contributed by atoms with E-state index < -0.39 is 0 Å². The van der Waals surface area contributed by atoms with Gasteiger partial charge in [0.2, 0.25) is 0 Å². The largest absolute Gasteiger partial charge is 0.461 e. The maximum absolute atomic E-state index is 11.0. The Kier molecular flexibility index (Phi) is 9.54. The third kappa shape index (κ3) is 9.61. The van der Waals surface area contributed by atoms with Gasteiger partial charge in [-0.15, -0.1) is 0 Å². The van der Waals surface area contributed by atoms with Crippen LogP contribution in [0.1, 0.15) is 32.6 Å². The third-order valence-corrected chi connectivity index (χ3v) is 2.15. The zero-order chi connectivity index (χ0) is 9.94. The molecule has 0 fully saturated rings. The normalized spacial score (nSPS) is 10.6. The van der Waals surface area contributed by atoms with Gasteiger partial charge >= 0.3 is 5.97 Å². The van der Waals surface area contributed by atoms with Gasteiger partial charge in [0, 0.05) is 11.8 Å². The Morgan fingerprint density at radius 2 is 2.15 bits per heavy atom. The van der Waals surface area contributed by atoms with Gasteiger partial charge in [-0.05, 0) is 19.8 Å². The van der Waals surface area contributed by atoms with Crippen LogP contribution >= 0.6 is 15.9 Å². The molecular weight excluding hydrogens is 232 g/mol. The fourth-order valence-corrected chi connectivity index (χ4v) is 1.25. The number of hydrogen-bond donors (Lipinski definition) is 0. The number of allylic oxidation sites excluding steroid dienone is 1. The molecule has 0 unspecified atom stereocenters. The van der Waals surface area contributed by atoms with E-state index in [1.165, 1.54) is 0 Å². The summed E-state index contributed by atoms with van der Waals surface area (Å²) in [6.45, 7) is 2.32. The molecule has 0 aromatic rings. The fourth-order valence-electron chi connectivity index (χ4n) is 0.850. The van der Waals surface area contributed by atoms with E-state index in [2.05, 4.69) is 15.9 Å². The second-order valence-corrected chi connectivity index (χ2v) is 3.54. The highest BCUT2D eigenvalue weighted by Gasteiger charge is 2.00. The SMILES string of the molecule is CC=CCOC(=O)CCCCCBr. The predicted molar refractivity (Wildman–Crippen MR) is 58.0 cm³/mol. The Bertz CT molecular complexity index is 155. The first kappa shape index (κ1) is 12.7. The molecule has 0 heterocycles. The molecule has 0 aromatic heterocycles. The highest BCUT2D eigenvalue weighted by Crippen LogP contribution is 2.02. The van der Waals surface area contributed by atoms with Gasteiger partial charge in [0.25, 0.3) is 0 Å². The molecule has 0 saturated carbocycles. The molecule has 0 atom stereocenters. The van der Waals surface area contributed by atoms with Crippen molar-refractivity contribution >= 4 is 21.9 Å². The van der Waals surface area contributed by atoms with Crippen molar-refractivity contribution < 1.29 is 9.53 Å². The van der Waals surface area contributed by atoms with Gasteiger partial charge in [-0.3, -0.25) is 4.79 Å². The maximum atomic E-state index is 11.0. The van der Waals surface area contributed by atoms with Gasteiger partial charge in [-0.25, -0.2) is 0 Å². The Labute approximate surface area is 88.5 Å². The maximum Gasteiger partial charge on any atom is 0.306 e. The molecule has 0 aliphatic rings. The molecule has 0 saturated heterocycles. The van der Waals surface area contributed by atoms with Crippen molar-refractivity contribution in [3.63, 3.8) is 0 Å². The van der Waals surface area contributed by atoms with Crippen LogP contribution in [-0.2, 0) is 9.53 Å². The summed E-state index contributed by atoms with van der Waals surface area (Å²) in [7, 11) is 0. The van der Waals surface area contributed by atoms with E-state index in [-0.39, 0.29) is 5.97 Å². The lowest BCUT2D eigenvalue weighted by Crippen LogP contribution is -2.03. The summed E-state index contributed by atoms with van der Waals surface area (Å²) in [5, 5.41) is 1.01. The zero-order valence-electron chi connectivity index (χ0n) is 8.09. The second-order valence-electron chi connectivity index (χ2n) is 2.75. The average Bonchev–Trinajstić information content (AvgIpc) is 2.13. The standard InChI is InChI=1S/C10H17BrO2/c1-2-3-9-13-10(12)7-5-4-6-8-11/h2-3H,4-9H2,1H3. The average molecular weight is 249 g/mol. The van der Waals surface area contributed by atoms with E-state index >= 15 is 0 Å². The summed E-state index contributed by atoms with van der Waals surface area (Å²) in [6, 6.07) is 0. The van der Waals surface area contributed by atoms with Crippen molar-refractivity contribution in [1.82, 2.24) is 0 Å². The smallest absolute Gasteiger partial charge is 0.306 e. The molecule has 0 N–H and O–H groups in total. The van der Waals surface area contributed by atoms with Gasteiger partial charge in [0.05, 0.1) is 0 Å². The van der Waals surface area contributed by atoms with Crippen LogP contribution in [0.5, 0.6) is 0 Å². The summed E-state index contributed by atoms with van der Waals surface area (Å²) < 4.78 is 4.93. The molecule has 0 amide bonds. The van der Waals surface area contributed by atoms with Crippen LogP contribution in [0.4, 0.5) is 0 Å². The van der Waals surface area contributed by atoms with Crippen molar-refractivity contribution in [3.8, 4) is 0 Å². The monoisotopic (exact) mass is 248 g/mol. The number of ether oxygens (including phenoxy) is 1. The number of hydrogen-bond acceptors (Lipinski definition) is 2. The van der Waals surface area contributed by atoms with Crippen LogP contribution in [0.15, 0.2) is 12.2 Å². The Morgan fingerprint density at radius 3 is 2.77 bits per heavy atom. The molecule has 2 nitrogen and oxygen atoms in total. The van der Waals surface area contributed by atoms with Crippen LogP contribution in [-0.4, -0.2) is 17.9 Å². The summed E-state index contributed by atoms with van der Waals surface area (Å²) in [6.07, 6.45) is 7.39. The van der Waals surface area contributed by atoms with Crippen LogP contribution < -0.4 is 0 Å². The van der Waals surface area contributed by atoms with Crippen LogP contribution in [0.2, 0.25) is 0 Å². The van der Waals surface area contributed by atoms with Crippen molar-refractivity contribution in [2.75, 3.05) is 11.9 Å². The molecular formula is C10H17BrO2. The second kappa shape index (κ2) is 9.78. The van der Waals surface area contributed by atoms with E-state index in [0.29, 0.717) is 13.0 Å². The molecule has 0 aliphatic heterocycles. The summed E-state index contributed by atoms with van der Waals surface area (Å²) >= 11 is 3.34. The minimum atomic E-state index is -0.0901. The molecule has 0 aromatic carbocycles.